The molecule has 1 aromatic carbocycles. The molecule has 1 atom stereocenters. The van der Waals surface area contributed by atoms with Crippen LogP contribution in [-0.2, 0) is 0 Å². The monoisotopic (exact) mass is 228 g/mol. The first-order chi connectivity index (χ1) is 8.02. The largest absolute Gasteiger partial charge is 0.313 e. The van der Waals surface area contributed by atoms with E-state index in [1.54, 1.807) is 0 Å². The molecular formula is C15H20N2. The molecule has 1 N–H and O–H groups in total. The number of pyridine rings is 1. The van der Waals surface area contributed by atoms with Gasteiger partial charge in [-0.15, -0.1) is 0 Å². The highest BCUT2D eigenvalue weighted by Crippen LogP contribution is 2.32. The lowest BCUT2D eigenvalue weighted by Gasteiger charge is -2.30. The van der Waals surface area contributed by atoms with Gasteiger partial charge >= 0.3 is 0 Å². The van der Waals surface area contributed by atoms with E-state index in [0.717, 1.165) is 5.52 Å². The average Bonchev–Trinajstić information content (AvgIpc) is 2.28. The summed E-state index contributed by atoms with van der Waals surface area (Å²) in [6, 6.07) is 10.8. The standard InChI is InChI=1S/C15H20N2/c1-15(2,3)14(16-4)12-9-11-7-5-6-8-13(11)17-10-12/h5-10,14,16H,1-4H3. The highest BCUT2D eigenvalue weighted by molar-refractivity contribution is 5.78. The molecule has 0 amide bonds. The molecule has 1 unspecified atom stereocenters. The van der Waals surface area contributed by atoms with Crippen LogP contribution in [-0.4, -0.2) is 12.0 Å². The molecule has 1 heterocycles. The molecule has 2 nitrogen and oxygen atoms in total. The molecule has 2 heteroatoms. The third-order valence-electron chi connectivity index (χ3n) is 3.10. The van der Waals surface area contributed by atoms with Crippen molar-refractivity contribution in [3.05, 3.63) is 42.1 Å². The number of hydrogen-bond acceptors (Lipinski definition) is 2. The molecule has 0 radical (unpaired) electrons. The predicted molar refractivity (Wildman–Crippen MR) is 73.0 cm³/mol. The predicted octanol–water partition coefficient (Wildman–Crippen LogP) is 3.54. The molecule has 0 fully saturated rings. The van der Waals surface area contributed by atoms with E-state index in [1.165, 1.54) is 10.9 Å². The van der Waals surface area contributed by atoms with Crippen molar-refractivity contribution in [1.82, 2.24) is 10.3 Å². The number of para-hydroxylation sites is 1. The maximum Gasteiger partial charge on any atom is 0.0702 e. The minimum absolute atomic E-state index is 0.179. The molecule has 0 spiro atoms. The van der Waals surface area contributed by atoms with E-state index in [0.29, 0.717) is 6.04 Å². The highest BCUT2D eigenvalue weighted by atomic mass is 14.9. The SMILES string of the molecule is CNC(c1cnc2ccccc2c1)C(C)(C)C. The number of nitrogens with zero attached hydrogens (tertiary/aromatic N) is 1. The van der Waals surface area contributed by atoms with Gasteiger partial charge in [0, 0.05) is 17.6 Å². The summed E-state index contributed by atoms with van der Waals surface area (Å²) in [5.41, 5.74) is 2.48. The van der Waals surface area contributed by atoms with Gasteiger partial charge < -0.3 is 5.32 Å². The first-order valence-electron chi connectivity index (χ1n) is 6.04. The van der Waals surface area contributed by atoms with Crippen molar-refractivity contribution in [3.63, 3.8) is 0 Å². The first kappa shape index (κ1) is 12.1. The van der Waals surface area contributed by atoms with E-state index in [2.05, 4.69) is 49.3 Å². The lowest BCUT2D eigenvalue weighted by Crippen LogP contribution is -2.29. The number of hydrogen-bond donors (Lipinski definition) is 1. The third kappa shape index (κ3) is 2.47. The van der Waals surface area contributed by atoms with E-state index in [4.69, 9.17) is 0 Å². The van der Waals surface area contributed by atoms with Gasteiger partial charge in [-0.05, 0) is 30.2 Å². The Balaban J connectivity index is 2.48. The van der Waals surface area contributed by atoms with Crippen LogP contribution >= 0.6 is 0 Å². The fraction of sp³-hybridized carbons (Fsp3) is 0.400. The van der Waals surface area contributed by atoms with Gasteiger partial charge in [-0.3, -0.25) is 4.98 Å². The Bertz CT molecular complexity index is 512. The summed E-state index contributed by atoms with van der Waals surface area (Å²) < 4.78 is 0. The number of benzene rings is 1. The van der Waals surface area contributed by atoms with Crippen molar-refractivity contribution in [2.45, 2.75) is 26.8 Å². The van der Waals surface area contributed by atoms with E-state index in [1.807, 2.05) is 25.4 Å². The molecule has 0 bridgehead atoms. The summed E-state index contributed by atoms with van der Waals surface area (Å²) in [5, 5.41) is 4.59. The zero-order valence-corrected chi connectivity index (χ0v) is 11.0. The molecule has 0 saturated heterocycles. The Kier molecular flexibility index (Phi) is 3.16. The zero-order chi connectivity index (χ0) is 12.5. The second kappa shape index (κ2) is 4.46. The van der Waals surface area contributed by atoms with Crippen molar-refractivity contribution < 1.29 is 0 Å². The smallest absolute Gasteiger partial charge is 0.0702 e. The van der Waals surface area contributed by atoms with Crippen molar-refractivity contribution >= 4 is 10.9 Å². The molecule has 0 aliphatic heterocycles. The second-order valence-corrected chi connectivity index (χ2v) is 5.55. The Morgan fingerprint density at radius 3 is 2.53 bits per heavy atom. The van der Waals surface area contributed by atoms with Crippen molar-refractivity contribution in [1.29, 1.82) is 0 Å². The normalized spacial score (nSPS) is 13.9. The minimum atomic E-state index is 0.179. The van der Waals surface area contributed by atoms with Gasteiger partial charge in [0.2, 0.25) is 0 Å². The lowest BCUT2D eigenvalue weighted by molar-refractivity contribution is 0.287. The van der Waals surface area contributed by atoms with E-state index in [9.17, 15) is 0 Å². The van der Waals surface area contributed by atoms with Crippen LogP contribution in [0.3, 0.4) is 0 Å². The molecule has 0 aliphatic carbocycles. The Labute approximate surface area is 103 Å². The van der Waals surface area contributed by atoms with Crippen LogP contribution in [0.2, 0.25) is 0 Å². The van der Waals surface area contributed by atoms with E-state index >= 15 is 0 Å². The first-order valence-corrected chi connectivity index (χ1v) is 6.04. The van der Waals surface area contributed by atoms with Crippen molar-refractivity contribution in [2.24, 2.45) is 5.41 Å². The fourth-order valence-electron chi connectivity index (χ4n) is 2.35. The summed E-state index contributed by atoms with van der Waals surface area (Å²) in [4.78, 5) is 4.52. The molecule has 1 aromatic heterocycles. The molecule has 0 aliphatic rings. The van der Waals surface area contributed by atoms with Crippen LogP contribution in [0.15, 0.2) is 36.5 Å². The third-order valence-corrected chi connectivity index (χ3v) is 3.10. The zero-order valence-electron chi connectivity index (χ0n) is 11.0. The molecule has 2 aromatic rings. The Morgan fingerprint density at radius 2 is 1.88 bits per heavy atom. The van der Waals surface area contributed by atoms with Crippen LogP contribution in [0.4, 0.5) is 0 Å². The molecule has 0 saturated carbocycles. The van der Waals surface area contributed by atoms with Gasteiger partial charge in [0.05, 0.1) is 5.52 Å². The van der Waals surface area contributed by atoms with Crippen LogP contribution in [0.5, 0.6) is 0 Å². The summed E-state index contributed by atoms with van der Waals surface area (Å²) in [7, 11) is 2.01. The minimum Gasteiger partial charge on any atom is -0.313 e. The van der Waals surface area contributed by atoms with Crippen LogP contribution < -0.4 is 5.32 Å². The summed E-state index contributed by atoms with van der Waals surface area (Å²) in [5.74, 6) is 0. The van der Waals surface area contributed by atoms with Crippen LogP contribution in [0, 0.1) is 5.41 Å². The average molecular weight is 228 g/mol. The number of nitrogens with one attached hydrogen (secondary N) is 1. The molecule has 17 heavy (non-hydrogen) atoms. The molecule has 2 rings (SSSR count). The number of fused-ring (bicyclic) bond motifs is 1. The number of rotatable bonds is 2. The van der Waals surface area contributed by atoms with Crippen LogP contribution in [0.25, 0.3) is 10.9 Å². The van der Waals surface area contributed by atoms with Gasteiger partial charge in [-0.25, -0.2) is 0 Å². The van der Waals surface area contributed by atoms with Gasteiger partial charge in [0.15, 0.2) is 0 Å². The van der Waals surface area contributed by atoms with E-state index < -0.39 is 0 Å². The second-order valence-electron chi connectivity index (χ2n) is 5.55. The van der Waals surface area contributed by atoms with Gasteiger partial charge in [0.25, 0.3) is 0 Å². The quantitative estimate of drug-likeness (QED) is 0.850. The summed E-state index contributed by atoms with van der Waals surface area (Å²) >= 11 is 0. The van der Waals surface area contributed by atoms with Crippen molar-refractivity contribution in [3.8, 4) is 0 Å². The lowest BCUT2D eigenvalue weighted by atomic mass is 9.83. The Hall–Kier alpha value is -1.41. The maximum absolute atomic E-state index is 4.52. The topological polar surface area (TPSA) is 24.9 Å². The molecular weight excluding hydrogens is 208 g/mol. The van der Waals surface area contributed by atoms with Crippen molar-refractivity contribution in [2.75, 3.05) is 7.05 Å². The Morgan fingerprint density at radius 1 is 1.18 bits per heavy atom. The van der Waals surface area contributed by atoms with Gasteiger partial charge in [0.1, 0.15) is 0 Å². The number of aromatic nitrogens is 1. The van der Waals surface area contributed by atoms with Crippen LogP contribution in [0.1, 0.15) is 32.4 Å². The summed E-state index contributed by atoms with van der Waals surface area (Å²) in [6.45, 7) is 6.72. The van der Waals surface area contributed by atoms with Gasteiger partial charge in [-0.2, -0.15) is 0 Å². The fourth-order valence-corrected chi connectivity index (χ4v) is 2.35. The molecule has 90 valence electrons. The van der Waals surface area contributed by atoms with E-state index in [-0.39, 0.29) is 5.41 Å². The summed E-state index contributed by atoms with van der Waals surface area (Å²) in [6.07, 6.45) is 1.98. The maximum atomic E-state index is 4.52. The highest BCUT2D eigenvalue weighted by Gasteiger charge is 2.24. The van der Waals surface area contributed by atoms with Gasteiger partial charge in [-0.1, -0.05) is 39.0 Å².